The third kappa shape index (κ3) is 2.43. The molecule has 13 heavy (non-hydrogen) atoms. The van der Waals surface area contributed by atoms with E-state index >= 15 is 0 Å². The Hall–Kier alpha value is -1.08. The van der Waals surface area contributed by atoms with Crippen molar-refractivity contribution in [2.75, 3.05) is 20.2 Å². The minimum absolute atomic E-state index is 0.0430. The zero-order valence-corrected chi connectivity index (χ0v) is 7.99. The number of hydrogen-bond donors (Lipinski definition) is 0. The van der Waals surface area contributed by atoms with Crippen molar-refractivity contribution in [2.45, 2.75) is 19.4 Å². The number of nitriles is 1. The summed E-state index contributed by atoms with van der Waals surface area (Å²) in [4.78, 5) is 13.0. The summed E-state index contributed by atoms with van der Waals surface area (Å²) in [6.45, 7) is 3.06. The molecule has 1 amide bonds. The normalized spacial score (nSPS) is 24.5. The van der Waals surface area contributed by atoms with Crippen LogP contribution in [0.4, 0.5) is 0 Å². The van der Waals surface area contributed by atoms with Crippen LogP contribution in [0.25, 0.3) is 0 Å². The van der Waals surface area contributed by atoms with Crippen molar-refractivity contribution in [1.29, 1.82) is 5.26 Å². The number of likely N-dealkylation sites (tertiary alicyclic amines) is 1. The van der Waals surface area contributed by atoms with Crippen LogP contribution in [0.5, 0.6) is 0 Å². The summed E-state index contributed by atoms with van der Waals surface area (Å²) in [6, 6.07) is 2.11. The molecular formula is C9H14N2O2. The van der Waals surface area contributed by atoms with Crippen molar-refractivity contribution in [3.63, 3.8) is 0 Å². The number of amides is 1. The molecule has 2 atom stereocenters. The molecule has 0 aromatic carbocycles. The van der Waals surface area contributed by atoms with Crippen molar-refractivity contribution in [3.05, 3.63) is 0 Å². The third-order valence-corrected chi connectivity index (χ3v) is 2.28. The van der Waals surface area contributed by atoms with Gasteiger partial charge in [0.25, 0.3) is 0 Å². The van der Waals surface area contributed by atoms with Gasteiger partial charge in [0.15, 0.2) is 0 Å². The fraction of sp³-hybridized carbons (Fsp3) is 0.778. The molecule has 4 heteroatoms. The van der Waals surface area contributed by atoms with E-state index in [-0.39, 0.29) is 17.9 Å². The largest absolute Gasteiger partial charge is 0.380 e. The van der Waals surface area contributed by atoms with Gasteiger partial charge in [-0.3, -0.25) is 4.79 Å². The molecule has 1 aliphatic heterocycles. The Bertz CT molecular complexity index is 234. The second kappa shape index (κ2) is 4.24. The summed E-state index contributed by atoms with van der Waals surface area (Å²) < 4.78 is 5.05. The van der Waals surface area contributed by atoms with Crippen molar-refractivity contribution < 1.29 is 9.53 Å². The highest BCUT2D eigenvalue weighted by atomic mass is 16.5. The number of carbonyl (C=O) groups excluding carboxylic acids is 1. The standard InChI is InChI=1S/C9H14N2O2/c1-7(13-2)5-11-6-8(4-10)3-9(11)12/h7-8H,3,5-6H2,1-2H3. The van der Waals surface area contributed by atoms with E-state index in [9.17, 15) is 4.79 Å². The Morgan fingerprint density at radius 3 is 3.00 bits per heavy atom. The van der Waals surface area contributed by atoms with Crippen LogP contribution in [-0.2, 0) is 9.53 Å². The van der Waals surface area contributed by atoms with Crippen molar-refractivity contribution >= 4 is 5.91 Å². The molecule has 1 aliphatic rings. The van der Waals surface area contributed by atoms with E-state index in [0.29, 0.717) is 19.5 Å². The third-order valence-electron chi connectivity index (χ3n) is 2.28. The maximum Gasteiger partial charge on any atom is 0.224 e. The SMILES string of the molecule is COC(C)CN1CC(C#N)CC1=O. The second-order valence-corrected chi connectivity index (χ2v) is 3.38. The van der Waals surface area contributed by atoms with Crippen LogP contribution in [0.15, 0.2) is 0 Å². The van der Waals surface area contributed by atoms with Crippen LogP contribution in [0.2, 0.25) is 0 Å². The first-order valence-corrected chi connectivity index (χ1v) is 4.37. The van der Waals surface area contributed by atoms with Gasteiger partial charge in [-0.25, -0.2) is 0 Å². The molecule has 72 valence electrons. The summed E-state index contributed by atoms with van der Waals surface area (Å²) in [7, 11) is 1.62. The molecule has 0 aromatic heterocycles. The minimum Gasteiger partial charge on any atom is -0.380 e. The molecule has 0 radical (unpaired) electrons. The van der Waals surface area contributed by atoms with Crippen molar-refractivity contribution in [3.8, 4) is 6.07 Å². The zero-order chi connectivity index (χ0) is 9.84. The Labute approximate surface area is 78.1 Å². The molecule has 1 heterocycles. The lowest BCUT2D eigenvalue weighted by Crippen LogP contribution is -2.33. The van der Waals surface area contributed by atoms with E-state index < -0.39 is 0 Å². The molecule has 1 rings (SSSR count). The number of rotatable bonds is 3. The molecular weight excluding hydrogens is 168 g/mol. The zero-order valence-electron chi connectivity index (χ0n) is 7.99. The Morgan fingerprint density at radius 2 is 2.54 bits per heavy atom. The molecule has 0 spiro atoms. The van der Waals surface area contributed by atoms with E-state index in [0.717, 1.165) is 0 Å². The van der Waals surface area contributed by atoms with Gasteiger partial charge in [-0.05, 0) is 6.92 Å². The summed E-state index contributed by atoms with van der Waals surface area (Å²) in [5, 5.41) is 8.63. The highest BCUT2D eigenvalue weighted by molar-refractivity contribution is 5.79. The number of hydrogen-bond acceptors (Lipinski definition) is 3. The number of nitrogens with zero attached hydrogens (tertiary/aromatic N) is 2. The maximum absolute atomic E-state index is 11.3. The predicted octanol–water partition coefficient (Wildman–Crippen LogP) is 0.393. The van der Waals surface area contributed by atoms with Crippen LogP contribution >= 0.6 is 0 Å². The van der Waals surface area contributed by atoms with Crippen molar-refractivity contribution in [2.24, 2.45) is 5.92 Å². The fourth-order valence-electron chi connectivity index (χ4n) is 1.42. The number of ether oxygens (including phenoxy) is 1. The van der Waals surface area contributed by atoms with Gasteiger partial charge >= 0.3 is 0 Å². The van der Waals surface area contributed by atoms with Crippen LogP contribution in [-0.4, -0.2) is 37.1 Å². The van der Waals surface area contributed by atoms with Crippen LogP contribution < -0.4 is 0 Å². The summed E-state index contributed by atoms with van der Waals surface area (Å²) >= 11 is 0. The van der Waals surface area contributed by atoms with Gasteiger partial charge in [0.05, 0.1) is 18.1 Å². The van der Waals surface area contributed by atoms with Gasteiger partial charge < -0.3 is 9.64 Å². The van der Waals surface area contributed by atoms with Gasteiger partial charge in [0, 0.05) is 26.6 Å². The van der Waals surface area contributed by atoms with Crippen LogP contribution in [0.3, 0.4) is 0 Å². The van der Waals surface area contributed by atoms with E-state index in [1.165, 1.54) is 0 Å². The van der Waals surface area contributed by atoms with Gasteiger partial charge in [-0.2, -0.15) is 5.26 Å². The molecule has 0 saturated carbocycles. The van der Waals surface area contributed by atoms with Gasteiger partial charge in [-0.1, -0.05) is 0 Å². The lowest BCUT2D eigenvalue weighted by molar-refractivity contribution is -0.129. The first kappa shape index (κ1) is 10.0. The molecule has 0 N–H and O–H groups in total. The summed E-state index contributed by atoms with van der Waals surface area (Å²) in [5.74, 6) is -0.0630. The van der Waals surface area contributed by atoms with E-state index in [4.69, 9.17) is 10.00 Å². The lowest BCUT2D eigenvalue weighted by Gasteiger charge is -2.19. The lowest BCUT2D eigenvalue weighted by atomic mass is 10.1. The smallest absolute Gasteiger partial charge is 0.224 e. The van der Waals surface area contributed by atoms with E-state index in [1.54, 1.807) is 12.0 Å². The second-order valence-electron chi connectivity index (χ2n) is 3.38. The Kier molecular flexibility index (Phi) is 3.26. The van der Waals surface area contributed by atoms with Crippen LogP contribution in [0, 0.1) is 17.2 Å². The van der Waals surface area contributed by atoms with Gasteiger partial charge in [0.1, 0.15) is 0 Å². The molecule has 0 aromatic rings. The Morgan fingerprint density at radius 1 is 1.85 bits per heavy atom. The monoisotopic (exact) mass is 182 g/mol. The quantitative estimate of drug-likeness (QED) is 0.634. The van der Waals surface area contributed by atoms with E-state index in [1.807, 2.05) is 6.92 Å². The summed E-state index contributed by atoms with van der Waals surface area (Å²) in [5.41, 5.74) is 0. The topological polar surface area (TPSA) is 53.3 Å². The first-order chi connectivity index (χ1) is 6.17. The molecule has 0 bridgehead atoms. The fourth-order valence-corrected chi connectivity index (χ4v) is 1.42. The number of methoxy groups -OCH3 is 1. The average Bonchev–Trinajstić information content (AvgIpc) is 2.47. The van der Waals surface area contributed by atoms with Crippen LogP contribution in [0.1, 0.15) is 13.3 Å². The molecule has 1 saturated heterocycles. The summed E-state index contributed by atoms with van der Waals surface area (Å²) in [6.07, 6.45) is 0.411. The minimum atomic E-state index is -0.128. The van der Waals surface area contributed by atoms with Gasteiger partial charge in [-0.15, -0.1) is 0 Å². The molecule has 1 fully saturated rings. The first-order valence-electron chi connectivity index (χ1n) is 4.37. The highest BCUT2D eigenvalue weighted by Crippen LogP contribution is 2.16. The maximum atomic E-state index is 11.3. The molecule has 0 aliphatic carbocycles. The number of carbonyl (C=O) groups is 1. The molecule has 4 nitrogen and oxygen atoms in total. The molecule has 2 unspecified atom stereocenters. The average molecular weight is 182 g/mol. The Balaban J connectivity index is 2.44. The highest BCUT2D eigenvalue weighted by Gasteiger charge is 2.29. The van der Waals surface area contributed by atoms with Gasteiger partial charge in [0.2, 0.25) is 5.91 Å². The predicted molar refractivity (Wildman–Crippen MR) is 46.8 cm³/mol. The van der Waals surface area contributed by atoms with E-state index in [2.05, 4.69) is 6.07 Å². The van der Waals surface area contributed by atoms with Crippen molar-refractivity contribution in [1.82, 2.24) is 4.90 Å².